The molecule has 2 aromatic rings. The molecule has 1 saturated heterocycles. The minimum Gasteiger partial charge on any atom is -0.497 e. The van der Waals surface area contributed by atoms with Crippen LogP contribution in [0, 0.1) is 0 Å². The van der Waals surface area contributed by atoms with Gasteiger partial charge >= 0.3 is 0 Å². The van der Waals surface area contributed by atoms with Crippen molar-refractivity contribution in [2.75, 3.05) is 19.4 Å². The summed E-state index contributed by atoms with van der Waals surface area (Å²) in [7, 11) is 1.62. The van der Waals surface area contributed by atoms with E-state index in [2.05, 4.69) is 10.6 Å². The van der Waals surface area contributed by atoms with Crippen LogP contribution in [0.2, 0.25) is 0 Å². The van der Waals surface area contributed by atoms with E-state index in [1.807, 2.05) is 42.5 Å². The van der Waals surface area contributed by atoms with Crippen molar-refractivity contribution in [1.82, 2.24) is 15.5 Å². The molecule has 0 bridgehead atoms. The third-order valence-electron chi connectivity index (χ3n) is 5.62. The number of amides is 3. The molecule has 3 atom stereocenters. The molecule has 0 aromatic heterocycles. The molecule has 2 aliphatic heterocycles. The summed E-state index contributed by atoms with van der Waals surface area (Å²) in [6, 6.07) is 13.9. The molecule has 2 aromatic carbocycles. The molecule has 0 aliphatic carbocycles. The highest BCUT2D eigenvalue weighted by molar-refractivity contribution is 7.99. The number of hydrogen-bond acceptors (Lipinski definition) is 5. The zero-order valence-corrected chi connectivity index (χ0v) is 18.3. The van der Waals surface area contributed by atoms with Gasteiger partial charge in [-0.15, -0.1) is 11.8 Å². The van der Waals surface area contributed by atoms with E-state index >= 15 is 0 Å². The molecule has 0 radical (unpaired) electrons. The number of thioether (sulfide) groups is 1. The summed E-state index contributed by atoms with van der Waals surface area (Å²) < 4.78 is 5.14. The number of hydrogen-bond donors (Lipinski definition) is 2. The molecule has 0 saturated carbocycles. The summed E-state index contributed by atoms with van der Waals surface area (Å²) in [6.07, 6.45) is 0.678. The van der Waals surface area contributed by atoms with Crippen LogP contribution in [0.1, 0.15) is 33.8 Å². The van der Waals surface area contributed by atoms with Gasteiger partial charge in [-0.25, -0.2) is 0 Å². The lowest BCUT2D eigenvalue weighted by molar-refractivity contribution is -0.130. The van der Waals surface area contributed by atoms with Crippen LogP contribution >= 0.6 is 11.8 Å². The zero-order chi connectivity index (χ0) is 22.0. The number of rotatable bonds is 7. The van der Waals surface area contributed by atoms with Gasteiger partial charge in [0.05, 0.1) is 7.11 Å². The Morgan fingerprint density at radius 2 is 1.94 bits per heavy atom. The SMILES string of the molecule is COc1ccc(CCNC(=O)[C@H](C)NC(=O)[C@@H]2CS[C@H]3c4ccccc4C(=O)N23)cc1. The molecule has 0 unspecified atom stereocenters. The first-order chi connectivity index (χ1) is 15.0. The summed E-state index contributed by atoms with van der Waals surface area (Å²) in [6.45, 7) is 2.12. The minimum absolute atomic E-state index is 0.123. The number of ether oxygens (including phenoxy) is 1. The van der Waals surface area contributed by atoms with Gasteiger partial charge in [0.2, 0.25) is 11.8 Å². The van der Waals surface area contributed by atoms with Gasteiger partial charge < -0.3 is 20.3 Å². The lowest BCUT2D eigenvalue weighted by Crippen LogP contribution is -2.52. The fraction of sp³-hybridized carbons (Fsp3) is 0.348. The van der Waals surface area contributed by atoms with E-state index in [1.54, 1.807) is 36.8 Å². The molecule has 0 spiro atoms. The molecule has 8 heteroatoms. The van der Waals surface area contributed by atoms with Crippen LogP contribution in [0.15, 0.2) is 48.5 Å². The van der Waals surface area contributed by atoms with E-state index in [4.69, 9.17) is 4.74 Å². The number of nitrogens with zero attached hydrogens (tertiary/aromatic N) is 1. The third-order valence-corrected chi connectivity index (χ3v) is 6.92. The lowest BCUT2D eigenvalue weighted by atomic mass is 10.1. The molecular weight excluding hydrogens is 414 g/mol. The highest BCUT2D eigenvalue weighted by Crippen LogP contribution is 2.48. The predicted molar refractivity (Wildman–Crippen MR) is 119 cm³/mol. The summed E-state index contributed by atoms with van der Waals surface area (Å²) in [4.78, 5) is 39.7. The van der Waals surface area contributed by atoms with Crippen molar-refractivity contribution in [3.05, 3.63) is 65.2 Å². The topological polar surface area (TPSA) is 87.7 Å². The summed E-state index contributed by atoms with van der Waals surface area (Å²) in [5.74, 6) is 0.634. The van der Waals surface area contributed by atoms with E-state index in [0.717, 1.165) is 16.9 Å². The Balaban J connectivity index is 1.28. The van der Waals surface area contributed by atoms with Gasteiger partial charge in [0.1, 0.15) is 23.2 Å². The number of nitrogens with one attached hydrogen (secondary N) is 2. The molecule has 162 valence electrons. The van der Waals surface area contributed by atoms with Gasteiger partial charge in [0, 0.05) is 17.9 Å². The highest BCUT2D eigenvalue weighted by Gasteiger charge is 2.48. The van der Waals surface area contributed by atoms with Crippen molar-refractivity contribution in [3.63, 3.8) is 0 Å². The first-order valence-electron chi connectivity index (χ1n) is 10.2. The maximum Gasteiger partial charge on any atom is 0.256 e. The Labute approximate surface area is 185 Å². The Bertz CT molecular complexity index is 995. The van der Waals surface area contributed by atoms with Gasteiger partial charge in [-0.2, -0.15) is 0 Å². The molecule has 1 fully saturated rings. The number of fused-ring (bicyclic) bond motifs is 3. The Morgan fingerprint density at radius 3 is 2.68 bits per heavy atom. The van der Waals surface area contributed by atoms with Crippen LogP contribution in [0.3, 0.4) is 0 Å². The Kier molecular flexibility index (Phi) is 6.18. The van der Waals surface area contributed by atoms with Crippen molar-refractivity contribution >= 4 is 29.5 Å². The molecule has 3 amide bonds. The zero-order valence-electron chi connectivity index (χ0n) is 17.5. The van der Waals surface area contributed by atoms with E-state index in [1.165, 1.54) is 0 Å². The number of carbonyl (C=O) groups is 3. The maximum atomic E-state index is 12.8. The highest BCUT2D eigenvalue weighted by atomic mass is 32.2. The van der Waals surface area contributed by atoms with Crippen LogP contribution in [0.25, 0.3) is 0 Å². The smallest absolute Gasteiger partial charge is 0.256 e. The standard InChI is InChI=1S/C23H25N3O4S/c1-14(20(27)24-12-11-15-7-9-16(30-2)10-8-15)25-21(28)19-13-31-23-18-6-4-3-5-17(18)22(29)26(19)23/h3-10,14,19,23H,11-13H2,1-2H3,(H,24,27)(H,25,28)/t14-,19-,23-/m0/s1. The minimum atomic E-state index is -0.688. The third kappa shape index (κ3) is 4.25. The quantitative estimate of drug-likeness (QED) is 0.690. The predicted octanol–water partition coefficient (Wildman–Crippen LogP) is 2.13. The average molecular weight is 440 g/mol. The van der Waals surface area contributed by atoms with Crippen molar-refractivity contribution in [2.24, 2.45) is 0 Å². The second kappa shape index (κ2) is 9.01. The van der Waals surface area contributed by atoms with Crippen molar-refractivity contribution in [2.45, 2.75) is 30.8 Å². The Hall–Kier alpha value is -3.00. The van der Waals surface area contributed by atoms with Crippen LogP contribution in [0.4, 0.5) is 0 Å². The maximum absolute atomic E-state index is 12.8. The van der Waals surface area contributed by atoms with Crippen molar-refractivity contribution in [1.29, 1.82) is 0 Å². The number of carbonyl (C=O) groups excluding carboxylic acids is 3. The van der Waals surface area contributed by atoms with Gasteiger partial charge in [-0.3, -0.25) is 14.4 Å². The number of benzene rings is 2. The van der Waals surface area contributed by atoms with Crippen LogP contribution in [-0.2, 0) is 16.0 Å². The molecule has 7 nitrogen and oxygen atoms in total. The van der Waals surface area contributed by atoms with Gasteiger partial charge in [-0.05, 0) is 42.7 Å². The van der Waals surface area contributed by atoms with Crippen molar-refractivity contribution in [3.8, 4) is 5.75 Å². The molecule has 2 aliphatic rings. The molecule has 4 rings (SSSR count). The average Bonchev–Trinajstić information content (AvgIpc) is 3.34. The monoisotopic (exact) mass is 439 g/mol. The van der Waals surface area contributed by atoms with Crippen LogP contribution in [0.5, 0.6) is 5.75 Å². The molecule has 2 N–H and O–H groups in total. The van der Waals surface area contributed by atoms with E-state index in [0.29, 0.717) is 24.3 Å². The molecule has 31 heavy (non-hydrogen) atoms. The summed E-state index contributed by atoms with van der Waals surface area (Å²) in [5.41, 5.74) is 2.69. The fourth-order valence-electron chi connectivity index (χ4n) is 3.89. The second-order valence-electron chi connectivity index (χ2n) is 7.62. The van der Waals surface area contributed by atoms with Crippen LogP contribution < -0.4 is 15.4 Å². The largest absolute Gasteiger partial charge is 0.497 e. The second-order valence-corrected chi connectivity index (χ2v) is 8.73. The summed E-state index contributed by atoms with van der Waals surface area (Å²) >= 11 is 1.58. The Morgan fingerprint density at radius 1 is 1.19 bits per heavy atom. The fourth-order valence-corrected chi connectivity index (χ4v) is 5.36. The van der Waals surface area contributed by atoms with Gasteiger partial charge in [0.25, 0.3) is 5.91 Å². The van der Waals surface area contributed by atoms with E-state index < -0.39 is 12.1 Å². The normalized spacial score (nSPS) is 20.1. The first kappa shape index (κ1) is 21.2. The van der Waals surface area contributed by atoms with Crippen molar-refractivity contribution < 1.29 is 19.1 Å². The van der Waals surface area contributed by atoms with Gasteiger partial charge in [-0.1, -0.05) is 30.3 Å². The first-order valence-corrected chi connectivity index (χ1v) is 11.3. The van der Waals surface area contributed by atoms with Gasteiger partial charge in [0.15, 0.2) is 0 Å². The summed E-state index contributed by atoms with van der Waals surface area (Å²) in [5, 5.41) is 5.49. The van der Waals surface area contributed by atoms with E-state index in [9.17, 15) is 14.4 Å². The lowest BCUT2D eigenvalue weighted by Gasteiger charge is -2.24. The molecular formula is C23H25N3O4S. The van der Waals surface area contributed by atoms with Crippen LogP contribution in [-0.4, -0.2) is 54.1 Å². The van der Waals surface area contributed by atoms with E-state index in [-0.39, 0.29) is 23.1 Å². The molecule has 2 heterocycles. The number of methoxy groups -OCH3 is 1.